The quantitative estimate of drug-likeness (QED) is 0.655. The molecule has 3 aromatic rings. The molecule has 0 aliphatic heterocycles. The first-order chi connectivity index (χ1) is 8.49. The Kier molecular flexibility index (Phi) is 2.08. The standard InChI is InChI=1S/C13H15N5/c1-6-5-9-10(16-8(3)7(2)15-9)11-12(6)18(4)13(14)17-11/h5H,1-4H3,(H2,14,17)/i13+2. The molecule has 0 radical (unpaired) electrons. The fourth-order valence-corrected chi connectivity index (χ4v) is 2.30. The highest BCUT2D eigenvalue weighted by atomic mass is 15.7. The second-order valence-corrected chi connectivity index (χ2v) is 4.68. The van der Waals surface area contributed by atoms with Crippen molar-refractivity contribution >= 4 is 28.0 Å². The van der Waals surface area contributed by atoms with Crippen LogP contribution in [0.15, 0.2) is 6.07 Å². The van der Waals surface area contributed by atoms with E-state index in [9.17, 15) is 0 Å². The van der Waals surface area contributed by atoms with Crippen molar-refractivity contribution in [2.45, 2.75) is 20.8 Å². The van der Waals surface area contributed by atoms with Crippen LogP contribution in [0.2, 0.25) is 0 Å². The molecule has 1 aromatic carbocycles. The van der Waals surface area contributed by atoms with Crippen molar-refractivity contribution < 1.29 is 0 Å². The van der Waals surface area contributed by atoms with E-state index in [0.717, 1.165) is 39.0 Å². The Morgan fingerprint density at radius 1 is 1.11 bits per heavy atom. The van der Waals surface area contributed by atoms with Gasteiger partial charge >= 0.3 is 0 Å². The summed E-state index contributed by atoms with van der Waals surface area (Å²) in [5, 5.41) is 0. The number of nitrogen functional groups attached to an aromatic ring is 1. The lowest BCUT2D eigenvalue weighted by Gasteiger charge is -2.06. The van der Waals surface area contributed by atoms with Crippen molar-refractivity contribution in [3.63, 3.8) is 0 Å². The van der Waals surface area contributed by atoms with Crippen LogP contribution in [-0.2, 0) is 7.05 Å². The minimum Gasteiger partial charge on any atom is -0.369 e. The summed E-state index contributed by atoms with van der Waals surface area (Å²) in [6.45, 7) is 5.97. The van der Waals surface area contributed by atoms with Gasteiger partial charge in [-0.25, -0.2) is 15.0 Å². The topological polar surface area (TPSA) is 69.6 Å². The fraction of sp³-hybridized carbons (Fsp3) is 0.308. The van der Waals surface area contributed by atoms with Gasteiger partial charge < -0.3 is 10.3 Å². The average Bonchev–Trinajstić information content (AvgIpc) is 2.60. The Morgan fingerprint density at radius 2 is 1.78 bits per heavy atom. The van der Waals surface area contributed by atoms with E-state index >= 15 is 0 Å². The SMILES string of the molecule is Cc1nc2cc(C)c3c(n[14c](N)n3C)c2nc1C. The lowest BCUT2D eigenvalue weighted by atomic mass is 10.1. The van der Waals surface area contributed by atoms with Gasteiger partial charge in [0.2, 0.25) is 5.95 Å². The van der Waals surface area contributed by atoms with E-state index in [-0.39, 0.29) is 0 Å². The van der Waals surface area contributed by atoms with Crippen LogP contribution in [0.4, 0.5) is 5.95 Å². The number of aromatic nitrogens is 4. The van der Waals surface area contributed by atoms with Gasteiger partial charge in [0.1, 0.15) is 11.0 Å². The Hall–Kier alpha value is -2.17. The number of imidazole rings is 1. The van der Waals surface area contributed by atoms with Gasteiger partial charge in [-0.3, -0.25) is 0 Å². The number of aryl methyl sites for hydroxylation is 4. The Labute approximate surface area is 105 Å². The number of hydrogen-bond acceptors (Lipinski definition) is 4. The van der Waals surface area contributed by atoms with Crippen molar-refractivity contribution in [1.29, 1.82) is 0 Å². The third-order valence-electron chi connectivity index (χ3n) is 3.41. The first-order valence-corrected chi connectivity index (χ1v) is 5.85. The molecule has 5 heteroatoms. The van der Waals surface area contributed by atoms with Crippen LogP contribution in [0, 0.1) is 20.8 Å². The molecule has 0 unspecified atom stereocenters. The molecular weight excluding hydrogens is 228 g/mol. The van der Waals surface area contributed by atoms with E-state index in [2.05, 4.69) is 15.0 Å². The summed E-state index contributed by atoms with van der Waals surface area (Å²) in [6, 6.07) is 2.04. The van der Waals surface area contributed by atoms with Crippen LogP contribution in [0.5, 0.6) is 0 Å². The highest BCUT2D eigenvalue weighted by molar-refractivity contribution is 6.02. The monoisotopic (exact) mass is 243 g/mol. The van der Waals surface area contributed by atoms with E-state index in [1.165, 1.54) is 0 Å². The molecule has 0 spiro atoms. The number of nitrogens with zero attached hydrogens (tertiary/aromatic N) is 4. The normalized spacial score (nSPS) is 11.6. The first kappa shape index (κ1) is 11.0. The third-order valence-corrected chi connectivity index (χ3v) is 3.41. The largest absolute Gasteiger partial charge is 0.369 e. The van der Waals surface area contributed by atoms with Crippen molar-refractivity contribution in [1.82, 2.24) is 19.5 Å². The smallest absolute Gasteiger partial charge is 0.201 e. The number of hydrogen-bond donors (Lipinski definition) is 1. The molecule has 0 saturated carbocycles. The predicted octanol–water partition coefficient (Wildman–Crippen LogP) is 2.02. The van der Waals surface area contributed by atoms with Crippen LogP contribution in [0.1, 0.15) is 17.0 Å². The van der Waals surface area contributed by atoms with E-state index < -0.39 is 0 Å². The summed E-state index contributed by atoms with van der Waals surface area (Å²) in [4.78, 5) is 13.6. The molecule has 0 saturated heterocycles. The number of nitrogens with two attached hydrogens (primary N) is 1. The number of fused-ring (bicyclic) bond motifs is 3. The van der Waals surface area contributed by atoms with Crippen molar-refractivity contribution in [2.24, 2.45) is 7.05 Å². The van der Waals surface area contributed by atoms with Crippen LogP contribution in [0.25, 0.3) is 22.1 Å². The molecule has 0 atom stereocenters. The Balaban J connectivity index is 2.60. The molecule has 0 bridgehead atoms. The van der Waals surface area contributed by atoms with Crippen molar-refractivity contribution in [2.75, 3.05) is 5.73 Å². The summed E-state index contributed by atoms with van der Waals surface area (Å²) in [5.41, 5.74) is 12.4. The predicted molar refractivity (Wildman–Crippen MR) is 72.4 cm³/mol. The molecule has 3 rings (SSSR count). The molecule has 2 heterocycles. The molecule has 0 aliphatic rings. The second kappa shape index (κ2) is 3.41. The molecule has 2 aromatic heterocycles. The van der Waals surface area contributed by atoms with E-state index in [1.807, 2.05) is 38.5 Å². The molecule has 2 N–H and O–H groups in total. The summed E-state index contributed by atoms with van der Waals surface area (Å²) in [6.07, 6.45) is 0. The summed E-state index contributed by atoms with van der Waals surface area (Å²) < 4.78 is 1.89. The van der Waals surface area contributed by atoms with Gasteiger partial charge in [-0.05, 0) is 32.4 Å². The number of anilines is 1. The maximum atomic E-state index is 5.88. The van der Waals surface area contributed by atoms with Gasteiger partial charge in [-0.15, -0.1) is 0 Å². The van der Waals surface area contributed by atoms with E-state index in [4.69, 9.17) is 5.73 Å². The van der Waals surface area contributed by atoms with Crippen molar-refractivity contribution in [3.8, 4) is 0 Å². The summed E-state index contributed by atoms with van der Waals surface area (Å²) in [7, 11) is 1.91. The van der Waals surface area contributed by atoms with E-state index in [1.54, 1.807) is 0 Å². The van der Waals surface area contributed by atoms with Gasteiger partial charge in [0.05, 0.1) is 22.4 Å². The molecule has 5 nitrogen and oxygen atoms in total. The van der Waals surface area contributed by atoms with Crippen LogP contribution < -0.4 is 5.73 Å². The number of rotatable bonds is 0. The first-order valence-electron chi connectivity index (χ1n) is 5.85. The molecule has 0 fully saturated rings. The van der Waals surface area contributed by atoms with Gasteiger partial charge in [0.25, 0.3) is 0 Å². The average molecular weight is 243 g/mol. The zero-order valence-electron chi connectivity index (χ0n) is 10.9. The number of benzene rings is 1. The lowest BCUT2D eigenvalue weighted by Crippen LogP contribution is -1.98. The van der Waals surface area contributed by atoms with E-state index in [0.29, 0.717) is 5.95 Å². The second-order valence-electron chi connectivity index (χ2n) is 4.68. The summed E-state index contributed by atoms with van der Waals surface area (Å²) in [5.74, 6) is 0.501. The van der Waals surface area contributed by atoms with Crippen LogP contribution in [0.3, 0.4) is 0 Å². The fourth-order valence-electron chi connectivity index (χ4n) is 2.30. The maximum Gasteiger partial charge on any atom is 0.201 e. The van der Waals surface area contributed by atoms with Crippen LogP contribution in [-0.4, -0.2) is 19.5 Å². The van der Waals surface area contributed by atoms with Gasteiger partial charge in [-0.2, -0.15) is 0 Å². The van der Waals surface area contributed by atoms with Gasteiger partial charge in [0.15, 0.2) is 0 Å². The minimum absolute atomic E-state index is 0.501. The summed E-state index contributed by atoms with van der Waals surface area (Å²) >= 11 is 0. The molecule has 0 amide bonds. The lowest BCUT2D eigenvalue weighted by molar-refractivity contribution is 0.961. The zero-order chi connectivity index (χ0) is 13.0. The van der Waals surface area contributed by atoms with Gasteiger partial charge in [-0.1, -0.05) is 0 Å². The molecule has 92 valence electrons. The highest BCUT2D eigenvalue weighted by Crippen LogP contribution is 2.27. The maximum absolute atomic E-state index is 5.88. The molecular formula is C13H15N5. The highest BCUT2D eigenvalue weighted by Gasteiger charge is 2.14. The zero-order valence-corrected chi connectivity index (χ0v) is 10.9. The molecule has 0 aliphatic carbocycles. The van der Waals surface area contributed by atoms with Crippen LogP contribution >= 0.6 is 0 Å². The minimum atomic E-state index is 0.501. The van der Waals surface area contributed by atoms with Crippen molar-refractivity contribution in [3.05, 3.63) is 23.0 Å². The molecule has 18 heavy (non-hydrogen) atoms. The Morgan fingerprint density at radius 3 is 2.50 bits per heavy atom. The third kappa shape index (κ3) is 1.30. The Bertz CT molecular complexity index is 785. The van der Waals surface area contributed by atoms with Gasteiger partial charge in [0, 0.05) is 7.05 Å².